The Morgan fingerprint density at radius 3 is 2.48 bits per heavy atom. The fourth-order valence-electron chi connectivity index (χ4n) is 3.07. The number of carbonyl (C=O) groups is 1. The van der Waals surface area contributed by atoms with Gasteiger partial charge in [0.05, 0.1) is 5.56 Å². The highest BCUT2D eigenvalue weighted by Gasteiger charge is 2.24. The van der Waals surface area contributed by atoms with E-state index in [0.29, 0.717) is 11.6 Å². The minimum absolute atomic E-state index is 0.0210. The zero-order valence-electron chi connectivity index (χ0n) is 14.0. The summed E-state index contributed by atoms with van der Waals surface area (Å²) in [5.74, 6) is 0.904. The monoisotopic (exact) mass is 356 g/mol. The molecular formula is C19H21ClN4O. The number of piperazine rings is 1. The van der Waals surface area contributed by atoms with Gasteiger partial charge in [0, 0.05) is 49.1 Å². The van der Waals surface area contributed by atoms with Gasteiger partial charge in [0.15, 0.2) is 0 Å². The topological polar surface area (TPSA) is 48.5 Å². The second-order valence-electron chi connectivity index (χ2n) is 6.61. The molecule has 0 atom stereocenters. The van der Waals surface area contributed by atoms with Crippen LogP contribution in [0.3, 0.4) is 0 Å². The SMILES string of the molecule is O=C(NC1CC1)c1ccc(N2CCN(c3cccc(Cl)c3)CC2)nc1. The first kappa shape index (κ1) is 16.2. The Morgan fingerprint density at radius 2 is 1.84 bits per heavy atom. The predicted molar refractivity (Wildman–Crippen MR) is 101 cm³/mol. The first-order valence-electron chi connectivity index (χ1n) is 8.71. The quantitative estimate of drug-likeness (QED) is 0.915. The molecule has 25 heavy (non-hydrogen) atoms. The van der Waals surface area contributed by atoms with Gasteiger partial charge in [0.25, 0.3) is 5.91 Å². The first-order valence-corrected chi connectivity index (χ1v) is 9.09. The number of hydrogen-bond acceptors (Lipinski definition) is 4. The molecule has 1 aromatic heterocycles. The van der Waals surface area contributed by atoms with Crippen molar-refractivity contribution in [3.63, 3.8) is 0 Å². The second-order valence-corrected chi connectivity index (χ2v) is 7.04. The van der Waals surface area contributed by atoms with Crippen LogP contribution < -0.4 is 15.1 Å². The lowest BCUT2D eigenvalue weighted by molar-refractivity contribution is 0.0950. The summed E-state index contributed by atoms with van der Waals surface area (Å²) in [4.78, 5) is 21.1. The molecule has 2 aromatic rings. The van der Waals surface area contributed by atoms with Crippen LogP contribution in [0.4, 0.5) is 11.5 Å². The van der Waals surface area contributed by atoms with Crippen molar-refractivity contribution in [3.05, 3.63) is 53.2 Å². The molecule has 2 heterocycles. The van der Waals surface area contributed by atoms with E-state index in [1.807, 2.05) is 30.3 Å². The van der Waals surface area contributed by atoms with Crippen LogP contribution in [0.15, 0.2) is 42.6 Å². The molecule has 2 aliphatic rings. The number of pyridine rings is 1. The summed E-state index contributed by atoms with van der Waals surface area (Å²) in [6.45, 7) is 3.64. The minimum atomic E-state index is -0.0210. The van der Waals surface area contributed by atoms with Gasteiger partial charge in [-0.2, -0.15) is 0 Å². The number of nitrogens with zero attached hydrogens (tertiary/aromatic N) is 3. The number of nitrogens with one attached hydrogen (secondary N) is 1. The van der Waals surface area contributed by atoms with E-state index in [9.17, 15) is 4.79 Å². The highest BCUT2D eigenvalue weighted by atomic mass is 35.5. The molecule has 4 rings (SSSR count). The summed E-state index contributed by atoms with van der Waals surface area (Å²) < 4.78 is 0. The van der Waals surface area contributed by atoms with E-state index in [-0.39, 0.29) is 5.91 Å². The number of rotatable bonds is 4. The van der Waals surface area contributed by atoms with Crippen LogP contribution >= 0.6 is 11.6 Å². The van der Waals surface area contributed by atoms with Crippen molar-refractivity contribution in [1.29, 1.82) is 0 Å². The Morgan fingerprint density at radius 1 is 1.08 bits per heavy atom. The summed E-state index contributed by atoms with van der Waals surface area (Å²) in [7, 11) is 0. The molecule has 1 saturated heterocycles. The smallest absolute Gasteiger partial charge is 0.253 e. The Bertz CT molecular complexity index is 752. The molecule has 1 saturated carbocycles. The van der Waals surface area contributed by atoms with Gasteiger partial charge in [-0.3, -0.25) is 4.79 Å². The van der Waals surface area contributed by atoms with Crippen molar-refractivity contribution < 1.29 is 4.79 Å². The zero-order valence-corrected chi connectivity index (χ0v) is 14.7. The fourth-order valence-corrected chi connectivity index (χ4v) is 3.25. The lowest BCUT2D eigenvalue weighted by Gasteiger charge is -2.36. The van der Waals surface area contributed by atoms with Crippen LogP contribution in [0.1, 0.15) is 23.2 Å². The highest BCUT2D eigenvalue weighted by molar-refractivity contribution is 6.30. The van der Waals surface area contributed by atoms with E-state index in [1.165, 1.54) is 0 Å². The van der Waals surface area contributed by atoms with Gasteiger partial charge in [-0.25, -0.2) is 4.98 Å². The van der Waals surface area contributed by atoms with Crippen LogP contribution in [0.5, 0.6) is 0 Å². The first-order chi connectivity index (χ1) is 12.2. The molecule has 5 nitrogen and oxygen atoms in total. The third kappa shape index (κ3) is 3.87. The number of amides is 1. The van der Waals surface area contributed by atoms with E-state index >= 15 is 0 Å². The molecule has 0 spiro atoms. The van der Waals surface area contributed by atoms with Crippen LogP contribution in [0.2, 0.25) is 5.02 Å². The number of halogens is 1. The molecule has 0 radical (unpaired) electrons. The molecule has 1 aliphatic carbocycles. The van der Waals surface area contributed by atoms with Gasteiger partial charge < -0.3 is 15.1 Å². The van der Waals surface area contributed by atoms with Crippen molar-refractivity contribution in [2.24, 2.45) is 0 Å². The average molecular weight is 357 g/mol. The maximum absolute atomic E-state index is 12.0. The van der Waals surface area contributed by atoms with E-state index in [0.717, 1.165) is 55.5 Å². The number of hydrogen-bond donors (Lipinski definition) is 1. The lowest BCUT2D eigenvalue weighted by Crippen LogP contribution is -2.46. The molecule has 1 aliphatic heterocycles. The van der Waals surface area contributed by atoms with E-state index in [4.69, 9.17) is 11.6 Å². The van der Waals surface area contributed by atoms with Gasteiger partial charge in [0.2, 0.25) is 0 Å². The highest BCUT2D eigenvalue weighted by Crippen LogP contribution is 2.23. The molecule has 1 amide bonds. The van der Waals surface area contributed by atoms with Crippen LogP contribution in [-0.4, -0.2) is 43.1 Å². The predicted octanol–water partition coefficient (Wildman–Crippen LogP) is 2.95. The van der Waals surface area contributed by atoms with E-state index in [1.54, 1.807) is 6.20 Å². The molecule has 130 valence electrons. The molecule has 0 unspecified atom stereocenters. The van der Waals surface area contributed by atoms with Gasteiger partial charge in [-0.05, 0) is 43.2 Å². The number of carbonyl (C=O) groups excluding carboxylic acids is 1. The van der Waals surface area contributed by atoms with Crippen LogP contribution in [-0.2, 0) is 0 Å². The van der Waals surface area contributed by atoms with Crippen molar-refractivity contribution in [1.82, 2.24) is 10.3 Å². The van der Waals surface area contributed by atoms with Gasteiger partial charge in [0.1, 0.15) is 5.82 Å². The zero-order chi connectivity index (χ0) is 17.2. The van der Waals surface area contributed by atoms with Gasteiger partial charge in [-0.15, -0.1) is 0 Å². The largest absolute Gasteiger partial charge is 0.368 e. The molecule has 1 N–H and O–H groups in total. The van der Waals surface area contributed by atoms with Crippen LogP contribution in [0.25, 0.3) is 0 Å². The van der Waals surface area contributed by atoms with E-state index < -0.39 is 0 Å². The number of anilines is 2. The maximum Gasteiger partial charge on any atom is 0.253 e. The van der Waals surface area contributed by atoms with Crippen LogP contribution in [0, 0.1) is 0 Å². The van der Waals surface area contributed by atoms with Gasteiger partial charge >= 0.3 is 0 Å². The second kappa shape index (κ2) is 6.92. The Balaban J connectivity index is 1.36. The summed E-state index contributed by atoms with van der Waals surface area (Å²) >= 11 is 6.08. The average Bonchev–Trinajstić information content (AvgIpc) is 3.46. The third-order valence-electron chi connectivity index (χ3n) is 4.70. The normalized spacial score (nSPS) is 17.5. The molecule has 6 heteroatoms. The third-order valence-corrected chi connectivity index (χ3v) is 4.93. The van der Waals surface area contributed by atoms with Crippen molar-refractivity contribution in [2.45, 2.75) is 18.9 Å². The molecular weight excluding hydrogens is 336 g/mol. The van der Waals surface area contributed by atoms with Gasteiger partial charge in [-0.1, -0.05) is 17.7 Å². The minimum Gasteiger partial charge on any atom is -0.368 e. The maximum atomic E-state index is 12.0. The summed E-state index contributed by atoms with van der Waals surface area (Å²) in [6.07, 6.45) is 3.86. The summed E-state index contributed by atoms with van der Waals surface area (Å²) in [5, 5.41) is 3.75. The van der Waals surface area contributed by atoms with Crippen molar-refractivity contribution in [2.75, 3.05) is 36.0 Å². The lowest BCUT2D eigenvalue weighted by atomic mass is 10.2. The van der Waals surface area contributed by atoms with E-state index in [2.05, 4.69) is 26.2 Å². The van der Waals surface area contributed by atoms with Crippen molar-refractivity contribution in [3.8, 4) is 0 Å². The number of benzene rings is 1. The molecule has 2 fully saturated rings. The standard InChI is InChI=1S/C19H21ClN4O/c20-15-2-1-3-17(12-15)23-8-10-24(11-9-23)18-7-4-14(13-21-18)19(25)22-16-5-6-16/h1-4,7,12-13,16H,5-6,8-11H2,(H,22,25). The Labute approximate surface area is 152 Å². The Hall–Kier alpha value is -2.27. The fraction of sp³-hybridized carbons (Fsp3) is 0.368. The van der Waals surface area contributed by atoms with Crippen molar-refractivity contribution >= 4 is 29.0 Å². The number of aromatic nitrogens is 1. The summed E-state index contributed by atoms with van der Waals surface area (Å²) in [6, 6.07) is 12.1. The molecule has 1 aromatic carbocycles. The Kier molecular flexibility index (Phi) is 4.49. The summed E-state index contributed by atoms with van der Waals surface area (Å²) in [5.41, 5.74) is 1.79. The molecule has 0 bridgehead atoms.